The summed E-state index contributed by atoms with van der Waals surface area (Å²) in [5.74, 6) is 0.252. The second-order valence-corrected chi connectivity index (χ2v) is 7.78. The molecule has 1 aromatic carbocycles. The van der Waals surface area contributed by atoms with Gasteiger partial charge in [0, 0.05) is 34.8 Å². The summed E-state index contributed by atoms with van der Waals surface area (Å²) in [7, 11) is 0. The second kappa shape index (κ2) is 8.31. The number of carbonyl (C=O) groups excluding carboxylic acids is 1. The number of aldehydes is 1. The molecule has 5 rings (SSSR count). The van der Waals surface area contributed by atoms with Gasteiger partial charge >= 0.3 is 0 Å². The van der Waals surface area contributed by atoms with Crippen molar-refractivity contribution in [3.8, 4) is 11.1 Å². The van der Waals surface area contributed by atoms with E-state index in [2.05, 4.69) is 32.2 Å². The molecule has 0 bridgehead atoms. The minimum absolute atomic E-state index is 0.308. The molecule has 0 radical (unpaired) electrons. The van der Waals surface area contributed by atoms with Crippen molar-refractivity contribution < 1.29 is 9.18 Å². The number of carbonyl (C=O) groups is 1. The van der Waals surface area contributed by atoms with Gasteiger partial charge in [-0.1, -0.05) is 0 Å². The van der Waals surface area contributed by atoms with E-state index >= 15 is 0 Å². The Morgan fingerprint density at radius 3 is 2.74 bits per heavy atom. The molecular formula is C23H23FN6O. The molecule has 0 saturated carbocycles. The zero-order valence-electron chi connectivity index (χ0n) is 16.9. The van der Waals surface area contributed by atoms with Gasteiger partial charge in [0.15, 0.2) is 0 Å². The highest BCUT2D eigenvalue weighted by Crippen LogP contribution is 2.37. The number of benzene rings is 1. The van der Waals surface area contributed by atoms with Crippen LogP contribution in [0.5, 0.6) is 0 Å². The van der Waals surface area contributed by atoms with E-state index in [9.17, 15) is 9.18 Å². The number of pyridine rings is 1. The van der Waals surface area contributed by atoms with Crippen LogP contribution in [0.15, 0.2) is 49.1 Å². The third-order valence-corrected chi connectivity index (χ3v) is 5.83. The first-order valence-corrected chi connectivity index (χ1v) is 10.4. The van der Waals surface area contributed by atoms with Crippen molar-refractivity contribution in [2.75, 3.05) is 18.4 Å². The van der Waals surface area contributed by atoms with Crippen LogP contribution in [0.1, 0.15) is 36.1 Å². The molecule has 0 amide bonds. The monoisotopic (exact) mass is 418 g/mol. The smallest absolute Gasteiger partial charge is 0.146 e. The lowest BCUT2D eigenvalue weighted by molar-refractivity contribution is -0.109. The number of anilines is 2. The lowest BCUT2D eigenvalue weighted by Crippen LogP contribution is -2.29. The fraction of sp³-hybridized carbons (Fsp3) is 0.261. The number of halogens is 1. The van der Waals surface area contributed by atoms with Crippen molar-refractivity contribution in [2.24, 2.45) is 0 Å². The fourth-order valence-electron chi connectivity index (χ4n) is 4.21. The van der Waals surface area contributed by atoms with Crippen LogP contribution in [0.4, 0.5) is 15.9 Å². The molecule has 2 aliphatic heterocycles. The predicted molar refractivity (Wildman–Crippen MR) is 117 cm³/mol. The Hall–Kier alpha value is -3.52. The normalized spacial score (nSPS) is 18.3. The molecule has 8 heteroatoms. The summed E-state index contributed by atoms with van der Waals surface area (Å²) in [6.45, 7) is 1.99. The van der Waals surface area contributed by atoms with Gasteiger partial charge in [-0.3, -0.25) is 4.68 Å². The molecule has 1 unspecified atom stereocenters. The Labute approximate surface area is 179 Å². The first kappa shape index (κ1) is 19.4. The molecule has 3 aromatic rings. The van der Waals surface area contributed by atoms with Gasteiger partial charge in [-0.25, -0.2) is 9.37 Å². The molecule has 2 aromatic heterocycles. The Bertz CT molecular complexity index is 1120. The summed E-state index contributed by atoms with van der Waals surface area (Å²) in [6.07, 6.45) is 12.4. The maximum atomic E-state index is 13.3. The number of hydrogen-bond acceptors (Lipinski definition) is 6. The SMILES string of the molecule is O=CC1NC=Cc2c(-c3cnn(C4CCNCC4)c3)cnc(Nc3ccc(F)cc3)c21. The van der Waals surface area contributed by atoms with Gasteiger partial charge in [-0.05, 0) is 68.0 Å². The summed E-state index contributed by atoms with van der Waals surface area (Å²) in [4.78, 5) is 16.4. The van der Waals surface area contributed by atoms with Gasteiger partial charge in [0.25, 0.3) is 0 Å². The maximum absolute atomic E-state index is 13.3. The molecule has 2 aliphatic rings. The number of nitrogens with one attached hydrogen (secondary N) is 3. The third-order valence-electron chi connectivity index (χ3n) is 5.83. The van der Waals surface area contributed by atoms with Gasteiger partial charge in [0.1, 0.15) is 24.0 Å². The quantitative estimate of drug-likeness (QED) is 0.550. The molecule has 3 N–H and O–H groups in total. The molecule has 1 atom stereocenters. The van der Waals surface area contributed by atoms with Crippen molar-refractivity contribution in [1.29, 1.82) is 0 Å². The number of hydrogen-bond donors (Lipinski definition) is 3. The second-order valence-electron chi connectivity index (χ2n) is 7.78. The first-order chi connectivity index (χ1) is 15.2. The maximum Gasteiger partial charge on any atom is 0.146 e. The number of fused-ring (bicyclic) bond motifs is 1. The van der Waals surface area contributed by atoms with Gasteiger partial charge in [0.2, 0.25) is 0 Å². The van der Waals surface area contributed by atoms with Crippen molar-refractivity contribution in [2.45, 2.75) is 24.9 Å². The van der Waals surface area contributed by atoms with Crippen molar-refractivity contribution in [3.05, 3.63) is 66.0 Å². The van der Waals surface area contributed by atoms with Crippen molar-refractivity contribution >= 4 is 23.9 Å². The highest BCUT2D eigenvalue weighted by molar-refractivity contribution is 5.84. The van der Waals surface area contributed by atoms with Crippen LogP contribution < -0.4 is 16.0 Å². The summed E-state index contributed by atoms with van der Waals surface area (Å²) >= 11 is 0. The van der Waals surface area contributed by atoms with E-state index in [0.29, 0.717) is 17.5 Å². The molecule has 0 spiro atoms. The van der Waals surface area contributed by atoms with Gasteiger partial charge in [-0.15, -0.1) is 0 Å². The van der Waals surface area contributed by atoms with Crippen molar-refractivity contribution in [1.82, 2.24) is 25.4 Å². The Kier molecular flexibility index (Phi) is 5.21. The lowest BCUT2D eigenvalue weighted by atomic mass is 9.93. The summed E-state index contributed by atoms with van der Waals surface area (Å²) in [5.41, 5.74) is 4.26. The van der Waals surface area contributed by atoms with E-state index in [1.165, 1.54) is 12.1 Å². The Balaban J connectivity index is 1.54. The average Bonchev–Trinajstić information content (AvgIpc) is 3.31. The average molecular weight is 418 g/mol. The number of piperidine rings is 1. The van der Waals surface area contributed by atoms with Crippen LogP contribution in [0.3, 0.4) is 0 Å². The van der Waals surface area contributed by atoms with Gasteiger partial charge in [-0.2, -0.15) is 5.10 Å². The van der Waals surface area contributed by atoms with Crippen LogP contribution in [0, 0.1) is 5.82 Å². The van der Waals surface area contributed by atoms with E-state index in [1.807, 2.05) is 17.0 Å². The number of rotatable bonds is 5. The zero-order valence-corrected chi connectivity index (χ0v) is 16.9. The summed E-state index contributed by atoms with van der Waals surface area (Å²) in [6, 6.07) is 5.90. The van der Waals surface area contributed by atoms with Crippen LogP contribution in [0.25, 0.3) is 17.2 Å². The topological polar surface area (TPSA) is 83.9 Å². The lowest BCUT2D eigenvalue weighted by Gasteiger charge is -2.24. The molecule has 1 fully saturated rings. The first-order valence-electron chi connectivity index (χ1n) is 10.4. The summed E-state index contributed by atoms with van der Waals surface area (Å²) in [5, 5.41) is 14.3. The van der Waals surface area contributed by atoms with E-state index in [4.69, 9.17) is 0 Å². The van der Waals surface area contributed by atoms with E-state index < -0.39 is 6.04 Å². The number of nitrogens with zero attached hydrogens (tertiary/aromatic N) is 3. The minimum atomic E-state index is -0.533. The predicted octanol–water partition coefficient (Wildman–Crippen LogP) is 3.57. The standard InChI is InChI=1S/C23H23FN6O/c24-16-1-3-17(4-2-16)29-23-22-19(7-10-26-21(22)14-31)20(12-27-23)15-11-28-30(13-15)18-5-8-25-9-6-18/h1-4,7,10-14,18,21,25-26H,5-6,8-9H2,(H,27,29). The van der Waals surface area contributed by atoms with Crippen LogP contribution in [-0.4, -0.2) is 34.1 Å². The molecular weight excluding hydrogens is 395 g/mol. The molecule has 158 valence electrons. The molecule has 31 heavy (non-hydrogen) atoms. The Morgan fingerprint density at radius 1 is 1.16 bits per heavy atom. The van der Waals surface area contributed by atoms with Crippen LogP contribution >= 0.6 is 0 Å². The molecule has 4 heterocycles. The van der Waals surface area contributed by atoms with E-state index in [0.717, 1.165) is 54.5 Å². The van der Waals surface area contributed by atoms with Crippen LogP contribution in [-0.2, 0) is 4.79 Å². The highest BCUT2D eigenvalue weighted by Gasteiger charge is 2.25. The molecule has 1 saturated heterocycles. The van der Waals surface area contributed by atoms with E-state index in [1.54, 1.807) is 24.5 Å². The molecule has 0 aliphatic carbocycles. The minimum Gasteiger partial charge on any atom is -0.378 e. The van der Waals surface area contributed by atoms with Gasteiger partial charge in [0.05, 0.1) is 12.2 Å². The van der Waals surface area contributed by atoms with E-state index in [-0.39, 0.29) is 5.82 Å². The Morgan fingerprint density at radius 2 is 1.97 bits per heavy atom. The fourth-order valence-corrected chi connectivity index (χ4v) is 4.21. The zero-order chi connectivity index (χ0) is 21.2. The largest absolute Gasteiger partial charge is 0.378 e. The molecule has 7 nitrogen and oxygen atoms in total. The summed E-state index contributed by atoms with van der Waals surface area (Å²) < 4.78 is 15.3. The highest BCUT2D eigenvalue weighted by atomic mass is 19.1. The third kappa shape index (κ3) is 3.82. The number of aromatic nitrogens is 3. The van der Waals surface area contributed by atoms with Crippen LogP contribution in [0.2, 0.25) is 0 Å². The van der Waals surface area contributed by atoms with Crippen molar-refractivity contribution in [3.63, 3.8) is 0 Å². The van der Waals surface area contributed by atoms with Gasteiger partial charge < -0.3 is 20.7 Å².